The van der Waals surface area contributed by atoms with Crippen molar-refractivity contribution in [2.24, 2.45) is 0 Å². The highest BCUT2D eigenvalue weighted by molar-refractivity contribution is 7.26. The van der Waals surface area contributed by atoms with Crippen LogP contribution in [0.3, 0.4) is 0 Å². The molecule has 4 aromatic heterocycles. The molecule has 0 amide bonds. The van der Waals surface area contributed by atoms with E-state index in [0.717, 1.165) is 34.0 Å². The van der Waals surface area contributed by atoms with Crippen molar-refractivity contribution in [3.8, 4) is 11.3 Å². The monoisotopic (exact) mass is 673 g/mol. The predicted molar refractivity (Wildman–Crippen MR) is 216 cm³/mol. The standard InChI is InChI=1S/C45H27N3S2/c1-3-9-31-23-41-38(21-29(31)7-1)36-18-16-34(25-43(36)49-41)48(33-14-12-28(13-15-33)40-27-47-20-6-5-11-45(47)46-40)35-17-19-37-39-22-30-8-2-4-10-32(30)24-42(39)50-44(37)26-35/h1-27H. The number of hydrogen-bond donors (Lipinski definition) is 0. The fraction of sp³-hybridized carbons (Fsp3) is 0. The van der Waals surface area contributed by atoms with E-state index in [9.17, 15) is 0 Å². The summed E-state index contributed by atoms with van der Waals surface area (Å²) >= 11 is 3.74. The molecule has 0 radical (unpaired) electrons. The average Bonchev–Trinajstić information content (AvgIpc) is 3.85. The molecule has 0 N–H and O–H groups in total. The Kier molecular flexibility index (Phi) is 5.99. The van der Waals surface area contributed by atoms with Gasteiger partial charge in [-0.3, -0.25) is 0 Å². The Morgan fingerprint density at radius 3 is 1.50 bits per heavy atom. The molecular weight excluding hydrogens is 647 g/mol. The van der Waals surface area contributed by atoms with Gasteiger partial charge in [-0.2, -0.15) is 0 Å². The first-order chi connectivity index (χ1) is 24.7. The molecule has 0 atom stereocenters. The summed E-state index contributed by atoms with van der Waals surface area (Å²) in [6.45, 7) is 0. The van der Waals surface area contributed by atoms with Crippen molar-refractivity contribution < 1.29 is 0 Å². The van der Waals surface area contributed by atoms with Gasteiger partial charge in [0.15, 0.2) is 0 Å². The number of fused-ring (bicyclic) bond motifs is 9. The van der Waals surface area contributed by atoms with Gasteiger partial charge in [-0.15, -0.1) is 22.7 Å². The van der Waals surface area contributed by atoms with E-state index < -0.39 is 0 Å². The molecule has 0 aliphatic carbocycles. The smallest absolute Gasteiger partial charge is 0.137 e. The molecule has 0 spiro atoms. The van der Waals surface area contributed by atoms with Crippen molar-refractivity contribution in [2.45, 2.75) is 0 Å². The molecule has 0 saturated carbocycles. The van der Waals surface area contributed by atoms with E-state index >= 15 is 0 Å². The summed E-state index contributed by atoms with van der Waals surface area (Å²) in [5.41, 5.74) is 6.39. The minimum Gasteiger partial charge on any atom is -0.310 e. The first-order valence-corrected chi connectivity index (χ1v) is 18.4. The fourth-order valence-electron chi connectivity index (χ4n) is 7.48. The van der Waals surface area contributed by atoms with Gasteiger partial charge < -0.3 is 9.30 Å². The van der Waals surface area contributed by atoms with E-state index in [-0.39, 0.29) is 0 Å². The predicted octanol–water partition coefficient (Wildman–Crippen LogP) is 13.5. The molecule has 0 bridgehead atoms. The number of benzene rings is 7. The molecule has 0 unspecified atom stereocenters. The zero-order valence-corrected chi connectivity index (χ0v) is 28.4. The normalized spacial score (nSPS) is 12.0. The second-order valence-electron chi connectivity index (χ2n) is 12.9. The lowest BCUT2D eigenvalue weighted by molar-refractivity contribution is 1.19. The van der Waals surface area contributed by atoms with Crippen LogP contribution in [0.25, 0.3) is 78.8 Å². The summed E-state index contributed by atoms with van der Waals surface area (Å²) in [4.78, 5) is 7.27. The molecule has 11 rings (SSSR count). The maximum atomic E-state index is 4.88. The Morgan fingerprint density at radius 2 is 0.940 bits per heavy atom. The third-order valence-corrected chi connectivity index (χ3v) is 12.2. The van der Waals surface area contributed by atoms with E-state index in [1.807, 2.05) is 47.1 Å². The minimum atomic E-state index is 0.947. The molecule has 50 heavy (non-hydrogen) atoms. The molecular formula is C45H27N3S2. The maximum absolute atomic E-state index is 4.88. The average molecular weight is 674 g/mol. The quantitative estimate of drug-likeness (QED) is 0.185. The molecule has 0 saturated heterocycles. The molecule has 7 aromatic carbocycles. The molecule has 0 aliphatic rings. The van der Waals surface area contributed by atoms with Crippen LogP contribution in [-0.2, 0) is 0 Å². The highest BCUT2D eigenvalue weighted by Crippen LogP contribution is 2.44. The molecule has 3 nitrogen and oxygen atoms in total. The Morgan fingerprint density at radius 1 is 0.440 bits per heavy atom. The van der Waals surface area contributed by atoms with Crippen molar-refractivity contribution >= 4 is 107 Å². The lowest BCUT2D eigenvalue weighted by atomic mass is 10.0. The van der Waals surface area contributed by atoms with E-state index in [1.54, 1.807) is 0 Å². The highest BCUT2D eigenvalue weighted by atomic mass is 32.1. The Balaban J connectivity index is 1.08. The summed E-state index contributed by atoms with van der Waals surface area (Å²) < 4.78 is 7.28. The Hall–Kier alpha value is -6.01. The Labute approximate surface area is 295 Å². The SMILES string of the molecule is c1ccc2cc3c(cc2c1)sc1cc(N(c2ccc(-c4cn5ccccc5n4)cc2)c2ccc4c(c2)sc2cc5ccccc5cc24)ccc13. The number of thiophene rings is 2. The third-order valence-electron chi connectivity index (χ3n) is 9.95. The van der Waals surface area contributed by atoms with Gasteiger partial charge in [-0.05, 0) is 94.3 Å². The largest absolute Gasteiger partial charge is 0.310 e. The number of aromatic nitrogens is 2. The molecule has 0 aliphatic heterocycles. The van der Waals surface area contributed by atoms with Gasteiger partial charge >= 0.3 is 0 Å². The van der Waals surface area contributed by atoms with Crippen LogP contribution in [0.15, 0.2) is 164 Å². The van der Waals surface area contributed by atoms with Crippen LogP contribution in [0.2, 0.25) is 0 Å². The van der Waals surface area contributed by atoms with Gasteiger partial charge in [0.25, 0.3) is 0 Å². The van der Waals surface area contributed by atoms with Crippen molar-refractivity contribution in [3.63, 3.8) is 0 Å². The molecule has 4 heterocycles. The minimum absolute atomic E-state index is 0.947. The van der Waals surface area contributed by atoms with Gasteiger partial charge in [-0.25, -0.2) is 4.98 Å². The van der Waals surface area contributed by atoms with Crippen molar-refractivity contribution in [2.75, 3.05) is 4.90 Å². The van der Waals surface area contributed by atoms with Gasteiger partial charge in [0.05, 0.1) is 5.69 Å². The number of anilines is 3. The fourth-order valence-corrected chi connectivity index (χ4v) is 9.82. The van der Waals surface area contributed by atoms with Gasteiger partial charge in [-0.1, -0.05) is 78.9 Å². The summed E-state index contributed by atoms with van der Waals surface area (Å²) in [5.74, 6) is 0. The highest BCUT2D eigenvalue weighted by Gasteiger charge is 2.18. The van der Waals surface area contributed by atoms with Crippen LogP contribution in [0.5, 0.6) is 0 Å². The van der Waals surface area contributed by atoms with Crippen LogP contribution in [0.4, 0.5) is 17.1 Å². The van der Waals surface area contributed by atoms with Crippen LogP contribution in [0, 0.1) is 0 Å². The molecule has 5 heteroatoms. The first kappa shape index (κ1) is 27.9. The molecule has 0 fully saturated rings. The number of hydrogen-bond acceptors (Lipinski definition) is 4. The number of nitrogens with zero attached hydrogens (tertiary/aromatic N) is 3. The van der Waals surface area contributed by atoms with Crippen molar-refractivity contribution in [3.05, 3.63) is 164 Å². The van der Waals surface area contributed by atoms with Crippen LogP contribution < -0.4 is 4.90 Å². The number of pyridine rings is 1. The zero-order chi connectivity index (χ0) is 32.8. The zero-order valence-electron chi connectivity index (χ0n) is 26.7. The summed E-state index contributed by atoms with van der Waals surface area (Å²) in [5, 5.41) is 10.4. The topological polar surface area (TPSA) is 20.5 Å². The number of rotatable bonds is 4. The lowest BCUT2D eigenvalue weighted by Gasteiger charge is -2.26. The van der Waals surface area contributed by atoms with Gasteiger partial charge in [0, 0.05) is 75.4 Å². The van der Waals surface area contributed by atoms with E-state index in [2.05, 4.69) is 149 Å². The maximum Gasteiger partial charge on any atom is 0.137 e. The van der Waals surface area contributed by atoms with Gasteiger partial charge in [0.1, 0.15) is 5.65 Å². The van der Waals surface area contributed by atoms with Crippen molar-refractivity contribution in [1.29, 1.82) is 0 Å². The van der Waals surface area contributed by atoms with Crippen LogP contribution in [0.1, 0.15) is 0 Å². The van der Waals surface area contributed by atoms with Crippen molar-refractivity contribution in [1.82, 2.24) is 9.38 Å². The summed E-state index contributed by atoms with van der Waals surface area (Å²) in [6.07, 6.45) is 4.14. The van der Waals surface area contributed by atoms with E-state index in [0.29, 0.717) is 0 Å². The van der Waals surface area contributed by atoms with E-state index in [4.69, 9.17) is 4.98 Å². The molecule has 234 valence electrons. The third kappa shape index (κ3) is 4.37. The second-order valence-corrected chi connectivity index (χ2v) is 15.1. The van der Waals surface area contributed by atoms with Crippen LogP contribution >= 0.6 is 22.7 Å². The summed E-state index contributed by atoms with van der Waals surface area (Å²) in [6, 6.07) is 55.5. The number of imidazole rings is 1. The summed E-state index contributed by atoms with van der Waals surface area (Å²) in [7, 11) is 0. The first-order valence-electron chi connectivity index (χ1n) is 16.8. The second kappa shape index (κ2) is 10.7. The Bertz CT molecular complexity index is 2920. The molecule has 11 aromatic rings. The lowest BCUT2D eigenvalue weighted by Crippen LogP contribution is -2.09. The van der Waals surface area contributed by atoms with Gasteiger partial charge in [0.2, 0.25) is 0 Å². The van der Waals surface area contributed by atoms with Crippen LogP contribution in [-0.4, -0.2) is 9.38 Å². The van der Waals surface area contributed by atoms with E-state index in [1.165, 1.54) is 61.9 Å².